The first-order valence-electron chi connectivity index (χ1n) is 10.3. The van der Waals surface area contributed by atoms with Crippen molar-refractivity contribution >= 4 is 22.5 Å². The van der Waals surface area contributed by atoms with Gasteiger partial charge in [0.1, 0.15) is 6.17 Å². The van der Waals surface area contributed by atoms with Crippen LogP contribution in [0, 0.1) is 6.92 Å². The average molecular weight is 444 g/mol. The molecule has 2 aromatic carbocycles. The number of aryl methyl sites for hydroxylation is 1. The molecule has 0 bridgehead atoms. The predicted octanol–water partition coefficient (Wildman–Crippen LogP) is 4.65. The third-order valence-electron chi connectivity index (χ3n) is 5.63. The van der Waals surface area contributed by atoms with E-state index < -0.39 is 12.1 Å². The molecule has 164 valence electrons. The molecule has 3 aromatic heterocycles. The topological polar surface area (TPSA) is 123 Å². The number of aromatic nitrogens is 5. The molecule has 0 radical (unpaired) electrons. The van der Waals surface area contributed by atoms with Crippen LogP contribution in [-0.4, -0.2) is 37.4 Å². The largest absolute Gasteiger partial charge is 0.431 e. The number of carbonyl (C=O) groups excluding carboxylic acids is 1. The van der Waals surface area contributed by atoms with Crippen molar-refractivity contribution in [3.8, 4) is 22.8 Å². The first kappa shape index (κ1) is 19.4. The zero-order valence-corrected chi connectivity index (χ0v) is 17.4. The van der Waals surface area contributed by atoms with Crippen molar-refractivity contribution in [2.45, 2.75) is 25.4 Å². The predicted molar refractivity (Wildman–Crippen MR) is 116 cm³/mol. The minimum absolute atomic E-state index is 0.0756. The highest BCUT2D eigenvalue weighted by atomic mass is 19.1. The molecule has 33 heavy (non-hydrogen) atoms. The van der Waals surface area contributed by atoms with E-state index in [1.807, 2.05) is 37.3 Å². The van der Waals surface area contributed by atoms with E-state index in [0.717, 1.165) is 22.0 Å². The number of hydrogen-bond acceptors (Lipinski definition) is 7. The SMILES string of the molecule is Cc1ccc(-c2noc([C@H]3C[C@@H]3F)n2)cc1NC(=O)c1cnc(-c2ccc3[nH]ncc3c2)o1. The number of carbonyl (C=O) groups is 1. The van der Waals surface area contributed by atoms with Crippen LogP contribution in [0.3, 0.4) is 0 Å². The van der Waals surface area contributed by atoms with Crippen molar-refractivity contribution in [3.63, 3.8) is 0 Å². The van der Waals surface area contributed by atoms with Gasteiger partial charge in [-0.25, -0.2) is 9.37 Å². The number of halogens is 1. The van der Waals surface area contributed by atoms with Gasteiger partial charge in [0.25, 0.3) is 5.91 Å². The number of alkyl halides is 1. The van der Waals surface area contributed by atoms with Crippen LogP contribution in [0.15, 0.2) is 57.7 Å². The van der Waals surface area contributed by atoms with Gasteiger partial charge in [-0.2, -0.15) is 10.1 Å². The van der Waals surface area contributed by atoms with Gasteiger partial charge in [0.15, 0.2) is 0 Å². The Hall–Kier alpha value is -4.34. The monoisotopic (exact) mass is 444 g/mol. The highest BCUT2D eigenvalue weighted by Gasteiger charge is 2.43. The molecule has 1 aliphatic rings. The summed E-state index contributed by atoms with van der Waals surface area (Å²) >= 11 is 0. The summed E-state index contributed by atoms with van der Waals surface area (Å²) in [4.78, 5) is 21.3. The maximum atomic E-state index is 13.3. The zero-order chi connectivity index (χ0) is 22.5. The second-order valence-corrected chi connectivity index (χ2v) is 8.00. The first-order chi connectivity index (χ1) is 16.0. The quantitative estimate of drug-likeness (QED) is 0.404. The number of rotatable bonds is 5. The molecule has 0 saturated heterocycles. The summed E-state index contributed by atoms with van der Waals surface area (Å²) in [6.45, 7) is 1.87. The number of fused-ring (bicyclic) bond motifs is 1. The maximum Gasteiger partial charge on any atom is 0.293 e. The molecule has 0 unspecified atom stereocenters. The number of nitrogens with zero attached hydrogens (tertiary/aromatic N) is 4. The van der Waals surface area contributed by atoms with Crippen LogP contribution in [0.1, 0.15) is 34.3 Å². The number of amides is 1. The van der Waals surface area contributed by atoms with Crippen molar-refractivity contribution in [1.82, 2.24) is 25.3 Å². The molecular weight excluding hydrogens is 427 g/mol. The molecule has 1 fully saturated rings. The summed E-state index contributed by atoms with van der Waals surface area (Å²) in [5.41, 5.74) is 3.69. The molecule has 1 saturated carbocycles. The summed E-state index contributed by atoms with van der Waals surface area (Å²) in [5, 5.41) is 14.6. The lowest BCUT2D eigenvalue weighted by Gasteiger charge is -2.08. The lowest BCUT2D eigenvalue weighted by atomic mass is 10.1. The Bertz CT molecular complexity index is 1500. The van der Waals surface area contributed by atoms with Gasteiger partial charge in [0.2, 0.25) is 23.4 Å². The molecule has 10 heteroatoms. The van der Waals surface area contributed by atoms with Crippen LogP contribution in [0.2, 0.25) is 0 Å². The highest BCUT2D eigenvalue weighted by Crippen LogP contribution is 2.43. The number of benzene rings is 2. The van der Waals surface area contributed by atoms with Gasteiger partial charge in [-0.05, 0) is 43.2 Å². The van der Waals surface area contributed by atoms with Gasteiger partial charge in [0.05, 0.1) is 23.8 Å². The summed E-state index contributed by atoms with van der Waals surface area (Å²) in [5.74, 6) is 0.296. The summed E-state index contributed by atoms with van der Waals surface area (Å²) in [6, 6.07) is 11.0. The number of nitrogens with one attached hydrogen (secondary N) is 2. The highest BCUT2D eigenvalue weighted by molar-refractivity contribution is 6.03. The van der Waals surface area contributed by atoms with Gasteiger partial charge < -0.3 is 14.3 Å². The molecule has 0 aliphatic heterocycles. The Labute approximate surface area is 186 Å². The maximum absolute atomic E-state index is 13.3. The van der Waals surface area contributed by atoms with Crippen molar-refractivity contribution < 1.29 is 18.1 Å². The molecule has 6 rings (SSSR count). The van der Waals surface area contributed by atoms with Crippen LogP contribution >= 0.6 is 0 Å². The Morgan fingerprint density at radius 3 is 2.88 bits per heavy atom. The molecule has 2 N–H and O–H groups in total. The number of H-pyrrole nitrogens is 1. The second kappa shape index (κ2) is 7.37. The van der Waals surface area contributed by atoms with Gasteiger partial charge >= 0.3 is 0 Å². The van der Waals surface area contributed by atoms with Crippen LogP contribution in [-0.2, 0) is 0 Å². The van der Waals surface area contributed by atoms with E-state index in [9.17, 15) is 9.18 Å². The lowest BCUT2D eigenvalue weighted by Crippen LogP contribution is -2.12. The normalized spacial score (nSPS) is 17.4. The standard InChI is InChI=1S/C23H17FN6O3/c1-11-2-3-12(20-28-23(33-30-20)15-8-16(15)24)7-18(11)27-21(31)19-10-25-22(32-19)13-4-5-17-14(6-13)9-26-29-17/h2-7,9-10,15-16H,8H2,1H3,(H,26,29)(H,27,31)/t15-,16-/m0/s1. The van der Waals surface area contributed by atoms with E-state index in [4.69, 9.17) is 8.94 Å². The zero-order valence-electron chi connectivity index (χ0n) is 17.4. The number of hydrogen-bond donors (Lipinski definition) is 2. The van der Waals surface area contributed by atoms with E-state index in [0.29, 0.717) is 35.3 Å². The number of aromatic amines is 1. The van der Waals surface area contributed by atoms with Crippen LogP contribution < -0.4 is 5.32 Å². The fraction of sp³-hybridized carbons (Fsp3) is 0.174. The summed E-state index contributed by atoms with van der Waals surface area (Å²) < 4.78 is 24.1. The van der Waals surface area contributed by atoms with Gasteiger partial charge in [-0.15, -0.1) is 0 Å². The van der Waals surface area contributed by atoms with Crippen molar-refractivity contribution in [2.75, 3.05) is 5.32 Å². The molecule has 0 spiro atoms. The summed E-state index contributed by atoms with van der Waals surface area (Å²) in [7, 11) is 0. The van der Waals surface area contributed by atoms with E-state index in [2.05, 4.69) is 30.6 Å². The fourth-order valence-corrected chi connectivity index (χ4v) is 3.59. The Morgan fingerprint density at radius 2 is 2.03 bits per heavy atom. The second-order valence-electron chi connectivity index (χ2n) is 8.00. The van der Waals surface area contributed by atoms with Gasteiger partial charge in [-0.1, -0.05) is 17.3 Å². The Balaban J connectivity index is 1.22. The minimum Gasteiger partial charge on any atom is -0.431 e. The van der Waals surface area contributed by atoms with Crippen molar-refractivity contribution in [2.24, 2.45) is 0 Å². The number of anilines is 1. The van der Waals surface area contributed by atoms with E-state index >= 15 is 0 Å². The molecular formula is C23H17FN6O3. The van der Waals surface area contributed by atoms with Crippen molar-refractivity contribution in [1.29, 1.82) is 0 Å². The minimum atomic E-state index is -0.917. The van der Waals surface area contributed by atoms with E-state index in [1.165, 1.54) is 6.20 Å². The molecule has 1 amide bonds. The number of oxazole rings is 1. The van der Waals surface area contributed by atoms with Gasteiger partial charge in [-0.3, -0.25) is 9.89 Å². The van der Waals surface area contributed by atoms with Crippen LogP contribution in [0.25, 0.3) is 33.7 Å². The fourth-order valence-electron chi connectivity index (χ4n) is 3.59. The molecule has 1 aliphatic carbocycles. The summed E-state index contributed by atoms with van der Waals surface area (Å²) in [6.07, 6.45) is 2.59. The lowest BCUT2D eigenvalue weighted by molar-refractivity contribution is 0.0997. The average Bonchev–Trinajstić information content (AvgIpc) is 3.29. The van der Waals surface area contributed by atoms with Crippen LogP contribution in [0.4, 0.5) is 10.1 Å². The third kappa shape index (κ3) is 3.55. The van der Waals surface area contributed by atoms with Gasteiger partial charge in [0, 0.05) is 22.2 Å². The molecule has 2 atom stereocenters. The molecule has 3 heterocycles. The first-order valence-corrected chi connectivity index (χ1v) is 10.3. The van der Waals surface area contributed by atoms with Crippen molar-refractivity contribution in [3.05, 3.63) is 66.0 Å². The van der Waals surface area contributed by atoms with E-state index in [1.54, 1.807) is 12.3 Å². The Kier molecular flexibility index (Phi) is 4.32. The molecule has 5 aromatic rings. The Morgan fingerprint density at radius 1 is 1.18 bits per heavy atom. The van der Waals surface area contributed by atoms with Crippen LogP contribution in [0.5, 0.6) is 0 Å². The molecule has 9 nitrogen and oxygen atoms in total. The van der Waals surface area contributed by atoms with E-state index in [-0.39, 0.29) is 11.7 Å². The smallest absolute Gasteiger partial charge is 0.293 e. The third-order valence-corrected chi connectivity index (χ3v) is 5.63.